The first kappa shape index (κ1) is 16.2. The van der Waals surface area contributed by atoms with Crippen molar-refractivity contribution in [2.24, 2.45) is 0 Å². The van der Waals surface area contributed by atoms with Crippen LogP contribution in [0.2, 0.25) is 0 Å². The van der Waals surface area contributed by atoms with Crippen LogP contribution in [0.4, 0.5) is 0 Å². The number of rotatable bonds is 9. The van der Waals surface area contributed by atoms with E-state index < -0.39 is 0 Å². The van der Waals surface area contributed by atoms with E-state index in [1.54, 1.807) is 0 Å². The van der Waals surface area contributed by atoms with Crippen LogP contribution in [0.3, 0.4) is 0 Å². The van der Waals surface area contributed by atoms with E-state index in [9.17, 15) is 0 Å². The average Bonchev–Trinajstić information content (AvgIpc) is 2.45. The lowest BCUT2D eigenvalue weighted by molar-refractivity contribution is 0.0372. The van der Waals surface area contributed by atoms with E-state index in [0.717, 1.165) is 26.0 Å². The zero-order chi connectivity index (χ0) is 14.1. The van der Waals surface area contributed by atoms with Gasteiger partial charge in [0.1, 0.15) is 0 Å². The smallest absolute Gasteiger partial charge is 0.0741 e. The molecule has 0 saturated heterocycles. The Balaban J connectivity index is 2.68. The Labute approximate surface area is 118 Å². The highest BCUT2D eigenvalue weighted by Crippen LogP contribution is 2.20. The number of benzene rings is 1. The van der Waals surface area contributed by atoms with E-state index in [0.29, 0.717) is 0 Å². The first-order valence-electron chi connectivity index (χ1n) is 7.66. The van der Waals surface area contributed by atoms with E-state index in [4.69, 9.17) is 4.74 Å². The molecule has 0 radical (unpaired) electrons. The van der Waals surface area contributed by atoms with Gasteiger partial charge in [0.05, 0.1) is 12.1 Å². The van der Waals surface area contributed by atoms with Crippen LogP contribution in [0.25, 0.3) is 0 Å². The van der Waals surface area contributed by atoms with Gasteiger partial charge in [0.15, 0.2) is 0 Å². The third kappa shape index (κ3) is 5.33. The van der Waals surface area contributed by atoms with Crippen LogP contribution in [0.5, 0.6) is 0 Å². The van der Waals surface area contributed by atoms with Gasteiger partial charge >= 0.3 is 0 Å². The summed E-state index contributed by atoms with van der Waals surface area (Å²) in [6.07, 6.45) is 3.62. The third-order valence-corrected chi connectivity index (χ3v) is 3.52. The fraction of sp³-hybridized carbons (Fsp3) is 0.647. The van der Waals surface area contributed by atoms with Crippen molar-refractivity contribution < 1.29 is 4.74 Å². The van der Waals surface area contributed by atoms with Crippen LogP contribution in [0, 0.1) is 0 Å². The molecule has 1 N–H and O–H groups in total. The minimum Gasteiger partial charge on any atom is -0.377 e. The summed E-state index contributed by atoms with van der Waals surface area (Å²) in [5, 5.41) is 3.54. The maximum absolute atomic E-state index is 5.95. The maximum atomic E-state index is 5.95. The summed E-state index contributed by atoms with van der Waals surface area (Å²) in [6, 6.07) is 9.18. The van der Waals surface area contributed by atoms with E-state index in [1.165, 1.54) is 17.5 Å². The van der Waals surface area contributed by atoms with Crippen molar-refractivity contribution in [3.63, 3.8) is 0 Å². The predicted molar refractivity (Wildman–Crippen MR) is 82.6 cm³/mol. The molecule has 0 aromatic heterocycles. The molecule has 1 rings (SSSR count). The van der Waals surface area contributed by atoms with Crippen LogP contribution in [0.15, 0.2) is 24.3 Å². The van der Waals surface area contributed by atoms with Gasteiger partial charge in [-0.15, -0.1) is 0 Å². The molecule has 1 aromatic rings. The maximum Gasteiger partial charge on any atom is 0.0741 e. The van der Waals surface area contributed by atoms with Gasteiger partial charge in [0.2, 0.25) is 0 Å². The largest absolute Gasteiger partial charge is 0.377 e. The summed E-state index contributed by atoms with van der Waals surface area (Å²) >= 11 is 0. The second-order valence-electron chi connectivity index (χ2n) is 5.06. The molecule has 0 fully saturated rings. The Hall–Kier alpha value is -0.860. The molecule has 2 unspecified atom stereocenters. The van der Waals surface area contributed by atoms with Crippen molar-refractivity contribution in [1.29, 1.82) is 0 Å². The van der Waals surface area contributed by atoms with Crippen molar-refractivity contribution in [3.05, 3.63) is 35.4 Å². The normalized spacial score (nSPS) is 14.3. The highest BCUT2D eigenvalue weighted by molar-refractivity contribution is 5.25. The van der Waals surface area contributed by atoms with Gasteiger partial charge in [0, 0.05) is 6.61 Å². The van der Waals surface area contributed by atoms with Gasteiger partial charge in [-0.3, -0.25) is 0 Å². The zero-order valence-corrected chi connectivity index (χ0v) is 12.9. The van der Waals surface area contributed by atoms with Crippen molar-refractivity contribution in [1.82, 2.24) is 5.32 Å². The second-order valence-corrected chi connectivity index (χ2v) is 5.06. The third-order valence-electron chi connectivity index (χ3n) is 3.52. The summed E-state index contributed by atoms with van der Waals surface area (Å²) in [7, 11) is 0. The van der Waals surface area contributed by atoms with Gasteiger partial charge in [0.25, 0.3) is 0 Å². The number of aryl methyl sites for hydroxylation is 1. The molecule has 2 nitrogen and oxygen atoms in total. The van der Waals surface area contributed by atoms with Crippen LogP contribution in [-0.4, -0.2) is 19.3 Å². The standard InChI is InChI=1S/C17H29NO/c1-5-8-13-19-14(4)17(18-7-3)16-11-9-15(6-2)10-12-16/h9-12,14,17-18H,5-8,13H2,1-4H3. The number of likely N-dealkylation sites (N-methyl/N-ethyl adjacent to an activating group) is 1. The Morgan fingerprint density at radius 3 is 2.32 bits per heavy atom. The Morgan fingerprint density at radius 1 is 1.11 bits per heavy atom. The van der Waals surface area contributed by atoms with Gasteiger partial charge in [-0.05, 0) is 37.4 Å². The molecule has 0 heterocycles. The van der Waals surface area contributed by atoms with Crippen LogP contribution < -0.4 is 5.32 Å². The number of hydrogen-bond acceptors (Lipinski definition) is 2. The van der Waals surface area contributed by atoms with Crippen molar-refractivity contribution in [2.75, 3.05) is 13.2 Å². The first-order valence-corrected chi connectivity index (χ1v) is 7.66. The molecule has 1 aromatic carbocycles. The highest BCUT2D eigenvalue weighted by Gasteiger charge is 2.18. The molecule has 0 spiro atoms. The fourth-order valence-electron chi connectivity index (χ4n) is 2.25. The Kier molecular flexibility index (Phi) is 7.76. The lowest BCUT2D eigenvalue weighted by Crippen LogP contribution is -2.32. The summed E-state index contributed by atoms with van der Waals surface area (Å²) in [4.78, 5) is 0. The van der Waals surface area contributed by atoms with Crippen LogP contribution in [-0.2, 0) is 11.2 Å². The Bertz CT molecular complexity index is 334. The summed E-state index contributed by atoms with van der Waals surface area (Å²) in [5.74, 6) is 0. The average molecular weight is 263 g/mol. The molecule has 0 aliphatic heterocycles. The topological polar surface area (TPSA) is 21.3 Å². The molecular formula is C17H29NO. The van der Waals surface area contributed by atoms with Crippen molar-refractivity contribution in [3.8, 4) is 0 Å². The zero-order valence-electron chi connectivity index (χ0n) is 12.9. The summed E-state index contributed by atoms with van der Waals surface area (Å²) in [6.45, 7) is 10.5. The van der Waals surface area contributed by atoms with Gasteiger partial charge in [-0.1, -0.05) is 51.5 Å². The van der Waals surface area contributed by atoms with Gasteiger partial charge in [-0.2, -0.15) is 0 Å². The summed E-state index contributed by atoms with van der Waals surface area (Å²) < 4.78 is 5.95. The van der Waals surface area contributed by atoms with Gasteiger partial charge in [-0.25, -0.2) is 0 Å². The van der Waals surface area contributed by atoms with E-state index >= 15 is 0 Å². The molecule has 2 heteroatoms. The first-order chi connectivity index (χ1) is 9.22. The minimum absolute atomic E-state index is 0.207. The molecule has 0 aliphatic carbocycles. The quantitative estimate of drug-likeness (QED) is 0.677. The van der Waals surface area contributed by atoms with Gasteiger partial charge < -0.3 is 10.1 Å². The SMILES string of the molecule is CCCCOC(C)C(NCC)c1ccc(CC)cc1. The van der Waals surface area contributed by atoms with Crippen molar-refractivity contribution in [2.45, 2.75) is 59.1 Å². The number of hydrogen-bond donors (Lipinski definition) is 1. The van der Waals surface area contributed by atoms with Crippen LogP contribution >= 0.6 is 0 Å². The predicted octanol–water partition coefficient (Wildman–Crippen LogP) is 4.10. The minimum atomic E-state index is 0.207. The van der Waals surface area contributed by atoms with Crippen LogP contribution in [0.1, 0.15) is 57.7 Å². The number of nitrogens with one attached hydrogen (secondary N) is 1. The molecular weight excluding hydrogens is 234 g/mol. The molecule has 19 heavy (non-hydrogen) atoms. The van der Waals surface area contributed by atoms with E-state index in [2.05, 4.69) is 57.3 Å². The number of ether oxygens (including phenoxy) is 1. The monoisotopic (exact) mass is 263 g/mol. The van der Waals surface area contributed by atoms with E-state index in [1.807, 2.05) is 0 Å². The molecule has 0 amide bonds. The highest BCUT2D eigenvalue weighted by atomic mass is 16.5. The van der Waals surface area contributed by atoms with E-state index in [-0.39, 0.29) is 12.1 Å². The lowest BCUT2D eigenvalue weighted by atomic mass is 10.00. The second kappa shape index (κ2) is 9.11. The summed E-state index contributed by atoms with van der Waals surface area (Å²) in [5.41, 5.74) is 2.71. The number of unbranched alkanes of at least 4 members (excludes halogenated alkanes) is 1. The molecule has 0 saturated carbocycles. The Morgan fingerprint density at radius 2 is 1.79 bits per heavy atom. The van der Waals surface area contributed by atoms with Crippen molar-refractivity contribution >= 4 is 0 Å². The fourth-order valence-corrected chi connectivity index (χ4v) is 2.25. The molecule has 108 valence electrons. The molecule has 2 atom stereocenters. The molecule has 0 bridgehead atoms. The lowest BCUT2D eigenvalue weighted by Gasteiger charge is -2.25. The molecule has 0 aliphatic rings.